The van der Waals surface area contributed by atoms with Crippen LogP contribution in [-0.4, -0.2) is 48.2 Å². The van der Waals surface area contributed by atoms with E-state index < -0.39 is 0 Å². The molecule has 2 N–H and O–H groups in total. The third kappa shape index (κ3) is 3.19. The van der Waals surface area contributed by atoms with Gasteiger partial charge in [-0.1, -0.05) is 0 Å². The number of rotatable bonds is 3. The van der Waals surface area contributed by atoms with Gasteiger partial charge in [0.25, 0.3) is 0 Å². The number of pyridine rings is 1. The Labute approximate surface area is 118 Å². The Hall–Kier alpha value is -1.82. The van der Waals surface area contributed by atoms with Crippen LogP contribution in [0.15, 0.2) is 18.3 Å². The predicted molar refractivity (Wildman–Crippen MR) is 76.0 cm³/mol. The molecule has 2 amide bonds. The number of amides is 2. The number of urea groups is 1. The highest BCUT2D eigenvalue weighted by Gasteiger charge is 2.20. The summed E-state index contributed by atoms with van der Waals surface area (Å²) in [5.74, 6) is 0.634. The molecule has 3 rings (SSSR count). The fraction of sp³-hybridized carbons (Fsp3) is 0.571. The fourth-order valence-electron chi connectivity index (χ4n) is 2.25. The van der Waals surface area contributed by atoms with Crippen LogP contribution in [-0.2, 0) is 0 Å². The van der Waals surface area contributed by atoms with Crippen molar-refractivity contribution in [3.05, 3.63) is 18.3 Å². The highest BCUT2D eigenvalue weighted by molar-refractivity contribution is 5.89. The molecule has 6 heteroatoms. The third-order valence-electron chi connectivity index (χ3n) is 3.73. The number of nitrogens with zero attached hydrogens (tertiary/aromatic N) is 2. The first kappa shape index (κ1) is 13.2. The van der Waals surface area contributed by atoms with Gasteiger partial charge in [0, 0.05) is 32.2 Å². The largest absolute Gasteiger partial charge is 0.474 e. The number of piperazine rings is 1. The van der Waals surface area contributed by atoms with Crippen LogP contribution in [0.25, 0.3) is 0 Å². The van der Waals surface area contributed by atoms with Crippen LogP contribution in [0.3, 0.4) is 0 Å². The molecule has 1 aromatic heterocycles. The number of hydrogen-bond acceptors (Lipinski definition) is 4. The highest BCUT2D eigenvalue weighted by atomic mass is 16.5. The molecule has 1 saturated carbocycles. The van der Waals surface area contributed by atoms with Gasteiger partial charge in [0.05, 0.1) is 11.9 Å². The van der Waals surface area contributed by atoms with Crippen LogP contribution in [0.1, 0.15) is 19.3 Å². The minimum atomic E-state index is -0.0686. The van der Waals surface area contributed by atoms with Crippen LogP contribution < -0.4 is 15.4 Å². The summed E-state index contributed by atoms with van der Waals surface area (Å²) in [7, 11) is 0. The Bertz CT molecular complexity index is 453. The molecule has 0 atom stereocenters. The van der Waals surface area contributed by atoms with E-state index in [0.717, 1.165) is 39.0 Å². The third-order valence-corrected chi connectivity index (χ3v) is 3.73. The molecule has 2 fully saturated rings. The summed E-state index contributed by atoms with van der Waals surface area (Å²) in [6, 6.07) is 3.58. The van der Waals surface area contributed by atoms with E-state index in [1.807, 2.05) is 12.1 Å². The minimum Gasteiger partial charge on any atom is -0.474 e. The van der Waals surface area contributed by atoms with Gasteiger partial charge < -0.3 is 20.3 Å². The number of nitrogens with one attached hydrogen (secondary N) is 2. The summed E-state index contributed by atoms with van der Waals surface area (Å²) in [6.45, 7) is 3.17. The summed E-state index contributed by atoms with van der Waals surface area (Å²) in [4.78, 5) is 18.0. The van der Waals surface area contributed by atoms with Gasteiger partial charge >= 0.3 is 6.03 Å². The van der Waals surface area contributed by atoms with Gasteiger partial charge in [0.2, 0.25) is 5.88 Å². The van der Waals surface area contributed by atoms with E-state index in [2.05, 4.69) is 15.6 Å². The first-order chi connectivity index (χ1) is 9.81. The molecular weight excluding hydrogens is 256 g/mol. The predicted octanol–water partition coefficient (Wildman–Crippen LogP) is 1.45. The zero-order chi connectivity index (χ0) is 13.8. The average molecular weight is 276 g/mol. The van der Waals surface area contributed by atoms with Crippen LogP contribution in [0.5, 0.6) is 5.88 Å². The molecule has 0 spiro atoms. The van der Waals surface area contributed by atoms with E-state index in [4.69, 9.17) is 4.74 Å². The number of anilines is 1. The number of aromatic nitrogens is 1. The maximum Gasteiger partial charge on any atom is 0.321 e. The molecule has 20 heavy (non-hydrogen) atoms. The van der Waals surface area contributed by atoms with E-state index in [-0.39, 0.29) is 6.03 Å². The first-order valence-corrected chi connectivity index (χ1v) is 7.20. The Morgan fingerprint density at radius 2 is 2.15 bits per heavy atom. The van der Waals surface area contributed by atoms with E-state index >= 15 is 0 Å². The molecule has 108 valence electrons. The second-order valence-corrected chi connectivity index (χ2v) is 5.22. The smallest absolute Gasteiger partial charge is 0.321 e. The fourth-order valence-corrected chi connectivity index (χ4v) is 2.25. The van der Waals surface area contributed by atoms with E-state index in [0.29, 0.717) is 17.7 Å². The molecule has 1 saturated heterocycles. The summed E-state index contributed by atoms with van der Waals surface area (Å²) in [5, 5.41) is 6.08. The molecule has 1 aliphatic heterocycles. The molecule has 0 aromatic carbocycles. The summed E-state index contributed by atoms with van der Waals surface area (Å²) in [6.07, 6.45) is 5.44. The van der Waals surface area contributed by atoms with Crippen LogP contribution in [0.2, 0.25) is 0 Å². The van der Waals surface area contributed by atoms with E-state index in [9.17, 15) is 4.79 Å². The standard InChI is InChI=1S/C14H20N4O2/c19-14(18-8-6-15-7-9-18)17-11-4-5-13(16-10-11)20-12-2-1-3-12/h4-5,10,12,15H,1-3,6-9H2,(H,17,19). The SMILES string of the molecule is O=C(Nc1ccc(OC2CCC2)nc1)N1CCNCC1. The maximum absolute atomic E-state index is 12.0. The Kier molecular flexibility index (Phi) is 4.01. The highest BCUT2D eigenvalue weighted by Crippen LogP contribution is 2.24. The van der Waals surface area contributed by atoms with Gasteiger partial charge in [-0.25, -0.2) is 9.78 Å². The van der Waals surface area contributed by atoms with Crippen molar-refractivity contribution in [2.45, 2.75) is 25.4 Å². The molecule has 1 aromatic rings. The van der Waals surface area contributed by atoms with Gasteiger partial charge in [0.1, 0.15) is 6.10 Å². The molecule has 2 heterocycles. The van der Waals surface area contributed by atoms with Crippen molar-refractivity contribution in [2.75, 3.05) is 31.5 Å². The van der Waals surface area contributed by atoms with Gasteiger partial charge in [-0.2, -0.15) is 0 Å². The van der Waals surface area contributed by atoms with E-state index in [1.165, 1.54) is 6.42 Å². The van der Waals surface area contributed by atoms with Crippen LogP contribution in [0.4, 0.5) is 10.5 Å². The van der Waals surface area contributed by atoms with Crippen molar-refractivity contribution < 1.29 is 9.53 Å². The lowest BCUT2D eigenvalue weighted by molar-refractivity contribution is 0.114. The number of carbonyl (C=O) groups excluding carboxylic acids is 1. The van der Waals surface area contributed by atoms with Crippen molar-refractivity contribution in [1.29, 1.82) is 0 Å². The minimum absolute atomic E-state index is 0.0686. The first-order valence-electron chi connectivity index (χ1n) is 7.20. The lowest BCUT2D eigenvalue weighted by atomic mass is 9.96. The van der Waals surface area contributed by atoms with Crippen molar-refractivity contribution >= 4 is 11.7 Å². The van der Waals surface area contributed by atoms with E-state index in [1.54, 1.807) is 11.1 Å². The second-order valence-electron chi connectivity index (χ2n) is 5.22. The van der Waals surface area contributed by atoms with Crippen molar-refractivity contribution in [3.8, 4) is 5.88 Å². The van der Waals surface area contributed by atoms with Gasteiger partial charge in [0.15, 0.2) is 0 Å². The Balaban J connectivity index is 1.52. The van der Waals surface area contributed by atoms with Gasteiger partial charge in [-0.3, -0.25) is 0 Å². The normalized spacial score (nSPS) is 19.3. The number of carbonyl (C=O) groups is 1. The molecule has 0 unspecified atom stereocenters. The molecular formula is C14H20N4O2. The monoisotopic (exact) mass is 276 g/mol. The van der Waals surface area contributed by atoms with Gasteiger partial charge in [-0.15, -0.1) is 0 Å². The number of hydrogen-bond donors (Lipinski definition) is 2. The zero-order valence-electron chi connectivity index (χ0n) is 11.5. The van der Waals surface area contributed by atoms with Crippen LogP contribution >= 0.6 is 0 Å². The molecule has 1 aliphatic carbocycles. The molecule has 0 bridgehead atoms. The van der Waals surface area contributed by atoms with Crippen molar-refractivity contribution in [2.24, 2.45) is 0 Å². The lowest BCUT2D eigenvalue weighted by Crippen LogP contribution is -2.48. The van der Waals surface area contributed by atoms with Crippen molar-refractivity contribution in [1.82, 2.24) is 15.2 Å². The summed E-state index contributed by atoms with van der Waals surface area (Å²) < 4.78 is 5.68. The van der Waals surface area contributed by atoms with Gasteiger partial charge in [-0.05, 0) is 25.3 Å². The quantitative estimate of drug-likeness (QED) is 0.877. The van der Waals surface area contributed by atoms with Crippen LogP contribution in [0, 0.1) is 0 Å². The van der Waals surface area contributed by atoms with Crippen molar-refractivity contribution in [3.63, 3.8) is 0 Å². The zero-order valence-corrected chi connectivity index (χ0v) is 11.5. The maximum atomic E-state index is 12.0. The second kappa shape index (κ2) is 6.09. The average Bonchev–Trinajstić information content (AvgIpc) is 2.45. The topological polar surface area (TPSA) is 66.5 Å². The Morgan fingerprint density at radius 3 is 2.75 bits per heavy atom. The molecule has 0 radical (unpaired) electrons. The Morgan fingerprint density at radius 1 is 1.35 bits per heavy atom. The summed E-state index contributed by atoms with van der Waals surface area (Å²) in [5.41, 5.74) is 0.703. The summed E-state index contributed by atoms with van der Waals surface area (Å²) >= 11 is 0. The molecule has 6 nitrogen and oxygen atoms in total. The number of ether oxygens (including phenoxy) is 1. The molecule has 2 aliphatic rings. The lowest BCUT2D eigenvalue weighted by Gasteiger charge is -2.27.